The third kappa shape index (κ3) is 1.75. The maximum atomic E-state index is 4.70. The van der Waals surface area contributed by atoms with Gasteiger partial charge in [-0.2, -0.15) is 0 Å². The number of hydrogen-bond acceptors (Lipinski definition) is 1. The number of nitrogens with one attached hydrogen (secondary N) is 1. The van der Waals surface area contributed by atoms with Gasteiger partial charge >= 0.3 is 0 Å². The molecule has 0 aliphatic rings. The molecule has 90 valence electrons. The van der Waals surface area contributed by atoms with Crippen LogP contribution in [0, 0.1) is 13.8 Å². The molecule has 0 fully saturated rings. The Hall–Kier alpha value is -1.61. The summed E-state index contributed by atoms with van der Waals surface area (Å²) < 4.78 is 1.02. The van der Waals surface area contributed by atoms with Gasteiger partial charge in [0, 0.05) is 10.0 Å². The lowest BCUT2D eigenvalue weighted by atomic mass is 10.0. The largest absolute Gasteiger partial charge is 0.338 e. The lowest BCUT2D eigenvalue weighted by Crippen LogP contribution is -1.89. The lowest BCUT2D eigenvalue weighted by molar-refractivity contribution is 1.27. The van der Waals surface area contributed by atoms with Gasteiger partial charge in [0.15, 0.2) is 0 Å². The van der Waals surface area contributed by atoms with Crippen molar-refractivity contribution in [1.29, 1.82) is 0 Å². The molecule has 18 heavy (non-hydrogen) atoms. The maximum Gasteiger partial charge on any atom is 0.139 e. The highest BCUT2D eigenvalue weighted by atomic mass is 79.9. The van der Waals surface area contributed by atoms with E-state index in [4.69, 9.17) is 4.98 Å². The number of halogens is 1. The fourth-order valence-corrected chi connectivity index (χ4v) is 2.76. The van der Waals surface area contributed by atoms with Crippen molar-refractivity contribution in [2.75, 3.05) is 0 Å². The Morgan fingerprint density at radius 3 is 2.33 bits per heavy atom. The molecule has 3 aromatic rings. The van der Waals surface area contributed by atoms with Crippen molar-refractivity contribution in [3.8, 4) is 11.4 Å². The predicted octanol–water partition coefficient (Wildman–Crippen LogP) is 4.61. The number of aromatic nitrogens is 2. The Morgan fingerprint density at radius 2 is 1.67 bits per heavy atom. The normalized spacial score (nSPS) is 11.1. The first kappa shape index (κ1) is 11.5. The molecule has 3 heteroatoms. The van der Waals surface area contributed by atoms with Gasteiger partial charge < -0.3 is 4.98 Å². The van der Waals surface area contributed by atoms with Gasteiger partial charge in [-0.15, -0.1) is 0 Å². The number of rotatable bonds is 1. The molecule has 0 saturated heterocycles. The van der Waals surface area contributed by atoms with Crippen LogP contribution in [-0.2, 0) is 0 Å². The van der Waals surface area contributed by atoms with E-state index in [1.165, 1.54) is 16.7 Å². The van der Waals surface area contributed by atoms with Gasteiger partial charge in [0.2, 0.25) is 0 Å². The highest BCUT2D eigenvalue weighted by Gasteiger charge is 2.11. The van der Waals surface area contributed by atoms with Gasteiger partial charge in [-0.05, 0) is 53.0 Å². The van der Waals surface area contributed by atoms with E-state index in [9.17, 15) is 0 Å². The van der Waals surface area contributed by atoms with Crippen molar-refractivity contribution in [1.82, 2.24) is 9.97 Å². The maximum absolute atomic E-state index is 4.70. The van der Waals surface area contributed by atoms with Crippen LogP contribution in [0.5, 0.6) is 0 Å². The number of H-pyrrole nitrogens is 1. The summed E-state index contributed by atoms with van der Waals surface area (Å²) in [4.78, 5) is 8.09. The first-order valence-corrected chi connectivity index (χ1v) is 6.67. The molecule has 1 heterocycles. The average molecular weight is 301 g/mol. The zero-order valence-corrected chi connectivity index (χ0v) is 11.9. The number of aryl methyl sites for hydroxylation is 2. The van der Waals surface area contributed by atoms with E-state index in [2.05, 4.69) is 53.0 Å². The molecule has 0 amide bonds. The summed E-state index contributed by atoms with van der Waals surface area (Å²) in [5.74, 6) is 0.938. The first-order chi connectivity index (χ1) is 8.66. The highest BCUT2D eigenvalue weighted by Crippen LogP contribution is 2.29. The summed E-state index contributed by atoms with van der Waals surface area (Å²) in [6, 6.07) is 12.4. The molecule has 0 bridgehead atoms. The summed E-state index contributed by atoms with van der Waals surface area (Å²) in [6.45, 7) is 4.23. The number of nitrogens with zero attached hydrogens (tertiary/aromatic N) is 1. The number of imidazole rings is 1. The van der Waals surface area contributed by atoms with Gasteiger partial charge in [0.1, 0.15) is 11.3 Å². The average Bonchev–Trinajstić information content (AvgIpc) is 2.74. The minimum absolute atomic E-state index is 0.938. The van der Waals surface area contributed by atoms with Gasteiger partial charge in [0.05, 0.1) is 5.52 Å². The molecule has 0 aliphatic carbocycles. The molecule has 2 nitrogen and oxygen atoms in total. The predicted molar refractivity (Wildman–Crippen MR) is 78.7 cm³/mol. The van der Waals surface area contributed by atoms with Crippen LogP contribution in [-0.4, -0.2) is 9.97 Å². The van der Waals surface area contributed by atoms with Crippen molar-refractivity contribution in [2.24, 2.45) is 0 Å². The molecule has 2 aromatic carbocycles. The lowest BCUT2D eigenvalue weighted by Gasteiger charge is -2.05. The second-order valence-corrected chi connectivity index (χ2v) is 5.34. The number of hydrogen-bond donors (Lipinski definition) is 1. The molecule has 3 rings (SSSR count). The van der Waals surface area contributed by atoms with Gasteiger partial charge in [0.25, 0.3) is 0 Å². The molecule has 1 N–H and O–H groups in total. The van der Waals surface area contributed by atoms with Gasteiger partial charge in [-0.3, -0.25) is 0 Å². The highest BCUT2D eigenvalue weighted by molar-refractivity contribution is 9.10. The van der Waals surface area contributed by atoms with E-state index < -0.39 is 0 Å². The SMILES string of the molecule is Cc1cccc(C)c1-c1nc2c(Br)cccc2[nH]1. The van der Waals surface area contributed by atoms with Crippen LogP contribution in [0.1, 0.15) is 11.1 Å². The fraction of sp³-hybridized carbons (Fsp3) is 0.133. The molecular formula is C15H13BrN2. The van der Waals surface area contributed by atoms with Crippen LogP contribution in [0.4, 0.5) is 0 Å². The zero-order valence-electron chi connectivity index (χ0n) is 10.3. The standard InChI is InChI=1S/C15H13BrN2/c1-9-5-3-6-10(2)13(9)15-17-12-8-4-7-11(16)14(12)18-15/h3-8H,1-2H3,(H,17,18). The molecule has 1 aromatic heterocycles. The van der Waals surface area contributed by atoms with Gasteiger partial charge in [-0.25, -0.2) is 4.98 Å². The number of aromatic amines is 1. The Morgan fingerprint density at radius 1 is 1.00 bits per heavy atom. The first-order valence-electron chi connectivity index (χ1n) is 5.87. The minimum Gasteiger partial charge on any atom is -0.338 e. The molecule has 0 spiro atoms. The summed E-state index contributed by atoms with van der Waals surface area (Å²) in [6.07, 6.45) is 0. The smallest absolute Gasteiger partial charge is 0.139 e. The van der Waals surface area contributed by atoms with Crippen LogP contribution >= 0.6 is 15.9 Å². The Balaban J connectivity index is 2.30. The fourth-order valence-electron chi connectivity index (χ4n) is 2.30. The third-order valence-electron chi connectivity index (χ3n) is 3.18. The van der Waals surface area contributed by atoms with E-state index in [1.54, 1.807) is 0 Å². The Kier molecular flexibility index (Phi) is 2.71. The van der Waals surface area contributed by atoms with Crippen molar-refractivity contribution in [2.45, 2.75) is 13.8 Å². The third-order valence-corrected chi connectivity index (χ3v) is 3.82. The van der Waals surface area contributed by atoms with Crippen LogP contribution in [0.2, 0.25) is 0 Å². The molecule has 0 aliphatic heterocycles. The molecule has 0 unspecified atom stereocenters. The van der Waals surface area contributed by atoms with Crippen molar-refractivity contribution >= 4 is 27.0 Å². The van der Waals surface area contributed by atoms with Crippen molar-refractivity contribution in [3.05, 3.63) is 52.0 Å². The van der Waals surface area contributed by atoms with Gasteiger partial charge in [-0.1, -0.05) is 24.3 Å². The number of benzene rings is 2. The summed E-state index contributed by atoms with van der Waals surface area (Å²) in [5, 5.41) is 0. The summed E-state index contributed by atoms with van der Waals surface area (Å²) in [5.41, 5.74) is 5.72. The van der Waals surface area contributed by atoms with Crippen LogP contribution in [0.15, 0.2) is 40.9 Å². The van der Waals surface area contributed by atoms with E-state index >= 15 is 0 Å². The quantitative estimate of drug-likeness (QED) is 0.698. The van der Waals surface area contributed by atoms with E-state index in [1.807, 2.05) is 18.2 Å². The van der Waals surface area contributed by atoms with Crippen LogP contribution in [0.3, 0.4) is 0 Å². The zero-order chi connectivity index (χ0) is 12.7. The number of fused-ring (bicyclic) bond motifs is 1. The Labute approximate surface area is 114 Å². The topological polar surface area (TPSA) is 28.7 Å². The molecule has 0 radical (unpaired) electrons. The second-order valence-electron chi connectivity index (χ2n) is 4.49. The summed E-state index contributed by atoms with van der Waals surface area (Å²) in [7, 11) is 0. The van der Waals surface area contributed by atoms with Crippen molar-refractivity contribution < 1.29 is 0 Å². The number of para-hydroxylation sites is 1. The minimum atomic E-state index is 0.938. The Bertz CT molecular complexity index is 708. The monoisotopic (exact) mass is 300 g/mol. The van der Waals surface area contributed by atoms with Crippen molar-refractivity contribution in [3.63, 3.8) is 0 Å². The van der Waals surface area contributed by atoms with E-state index in [-0.39, 0.29) is 0 Å². The van der Waals surface area contributed by atoms with E-state index in [0.717, 1.165) is 21.3 Å². The summed E-state index contributed by atoms with van der Waals surface area (Å²) >= 11 is 3.54. The molecular weight excluding hydrogens is 288 g/mol. The molecule has 0 saturated carbocycles. The molecule has 0 atom stereocenters. The van der Waals surface area contributed by atoms with Crippen LogP contribution < -0.4 is 0 Å². The second kappa shape index (κ2) is 4.25. The van der Waals surface area contributed by atoms with E-state index in [0.29, 0.717) is 0 Å². The van der Waals surface area contributed by atoms with Crippen LogP contribution in [0.25, 0.3) is 22.4 Å².